The summed E-state index contributed by atoms with van der Waals surface area (Å²) in [7, 11) is 0. The number of carbonyl (C=O) groups is 1. The van der Waals surface area contributed by atoms with Crippen LogP contribution in [0.1, 0.15) is 42.3 Å². The van der Waals surface area contributed by atoms with E-state index in [4.69, 9.17) is 5.73 Å². The van der Waals surface area contributed by atoms with Gasteiger partial charge in [-0.05, 0) is 29.0 Å². The summed E-state index contributed by atoms with van der Waals surface area (Å²) >= 11 is 1.66. The maximum absolute atomic E-state index is 12.2. The lowest BCUT2D eigenvalue weighted by atomic mass is 10.0. The van der Waals surface area contributed by atoms with Gasteiger partial charge in [0, 0.05) is 17.3 Å². The van der Waals surface area contributed by atoms with E-state index >= 15 is 0 Å². The van der Waals surface area contributed by atoms with Crippen LogP contribution in [0.15, 0.2) is 41.8 Å². The number of aryl methyl sites for hydroxylation is 1. The highest BCUT2D eigenvalue weighted by molar-refractivity contribution is 7.10. The Morgan fingerprint density at radius 1 is 1.27 bits per heavy atom. The minimum atomic E-state index is -0.179. The molecule has 0 saturated heterocycles. The third kappa shape index (κ3) is 4.18. The van der Waals surface area contributed by atoms with Crippen molar-refractivity contribution in [3.8, 4) is 0 Å². The first-order valence-electron chi connectivity index (χ1n) is 7.78. The Morgan fingerprint density at radius 3 is 2.55 bits per heavy atom. The Hall–Kier alpha value is -1.65. The molecule has 1 aromatic carbocycles. The molecule has 3 N–H and O–H groups in total. The molecule has 1 aromatic heterocycles. The number of amides is 1. The van der Waals surface area contributed by atoms with Gasteiger partial charge in [-0.1, -0.05) is 50.6 Å². The predicted molar refractivity (Wildman–Crippen MR) is 93.0 cm³/mol. The van der Waals surface area contributed by atoms with Crippen LogP contribution >= 0.6 is 11.3 Å². The van der Waals surface area contributed by atoms with Crippen LogP contribution in [0.3, 0.4) is 0 Å². The van der Waals surface area contributed by atoms with Crippen molar-refractivity contribution in [1.82, 2.24) is 5.32 Å². The van der Waals surface area contributed by atoms with Crippen LogP contribution in [-0.4, -0.2) is 12.5 Å². The fourth-order valence-electron chi connectivity index (χ4n) is 2.33. The van der Waals surface area contributed by atoms with Crippen LogP contribution in [0.4, 0.5) is 0 Å². The fourth-order valence-corrected chi connectivity index (χ4v) is 3.13. The SMILES string of the molecule is CCCc1ccc(C(NC(=O)C(C)CN)c2cccs2)cc1. The zero-order chi connectivity index (χ0) is 15.9. The zero-order valence-electron chi connectivity index (χ0n) is 13.2. The topological polar surface area (TPSA) is 55.1 Å². The van der Waals surface area contributed by atoms with Crippen LogP contribution in [0, 0.1) is 5.92 Å². The lowest BCUT2D eigenvalue weighted by Gasteiger charge is -2.20. The number of rotatable bonds is 7. The molecule has 0 aliphatic carbocycles. The van der Waals surface area contributed by atoms with Crippen molar-refractivity contribution in [3.63, 3.8) is 0 Å². The fraction of sp³-hybridized carbons (Fsp3) is 0.389. The van der Waals surface area contributed by atoms with E-state index in [1.807, 2.05) is 18.4 Å². The highest BCUT2D eigenvalue weighted by Gasteiger charge is 2.20. The molecule has 0 aliphatic heterocycles. The van der Waals surface area contributed by atoms with Gasteiger partial charge in [0.15, 0.2) is 0 Å². The summed E-state index contributed by atoms with van der Waals surface area (Å²) in [6.45, 7) is 4.39. The van der Waals surface area contributed by atoms with Gasteiger partial charge >= 0.3 is 0 Å². The van der Waals surface area contributed by atoms with Gasteiger partial charge in [-0.25, -0.2) is 0 Å². The first kappa shape index (κ1) is 16.7. The highest BCUT2D eigenvalue weighted by Crippen LogP contribution is 2.26. The molecule has 0 radical (unpaired) electrons. The predicted octanol–water partition coefficient (Wildman–Crippen LogP) is 3.50. The minimum absolute atomic E-state index is 0.00136. The number of nitrogens with two attached hydrogens (primary N) is 1. The van der Waals surface area contributed by atoms with Gasteiger partial charge in [0.25, 0.3) is 0 Å². The van der Waals surface area contributed by atoms with E-state index in [1.165, 1.54) is 5.56 Å². The number of hydrogen-bond acceptors (Lipinski definition) is 3. The maximum Gasteiger partial charge on any atom is 0.224 e. The van der Waals surface area contributed by atoms with Crippen molar-refractivity contribution in [3.05, 3.63) is 57.8 Å². The number of benzene rings is 1. The zero-order valence-corrected chi connectivity index (χ0v) is 14.0. The third-order valence-electron chi connectivity index (χ3n) is 3.77. The van der Waals surface area contributed by atoms with Crippen molar-refractivity contribution >= 4 is 17.2 Å². The number of hydrogen-bond donors (Lipinski definition) is 2. The Balaban J connectivity index is 2.23. The molecule has 2 rings (SSSR count). The van der Waals surface area contributed by atoms with E-state index in [0.29, 0.717) is 6.54 Å². The van der Waals surface area contributed by atoms with E-state index in [-0.39, 0.29) is 17.9 Å². The van der Waals surface area contributed by atoms with Crippen molar-refractivity contribution in [2.24, 2.45) is 11.7 Å². The van der Waals surface area contributed by atoms with Gasteiger partial charge in [0.2, 0.25) is 5.91 Å². The van der Waals surface area contributed by atoms with E-state index in [1.54, 1.807) is 11.3 Å². The summed E-state index contributed by atoms with van der Waals surface area (Å²) in [5.74, 6) is -0.180. The Morgan fingerprint density at radius 2 is 2.00 bits per heavy atom. The second-order valence-electron chi connectivity index (χ2n) is 5.59. The quantitative estimate of drug-likeness (QED) is 0.821. The monoisotopic (exact) mass is 316 g/mol. The van der Waals surface area contributed by atoms with E-state index in [2.05, 4.69) is 42.6 Å². The Bertz CT molecular complexity index is 578. The summed E-state index contributed by atoms with van der Waals surface area (Å²) in [6, 6.07) is 12.5. The first-order valence-corrected chi connectivity index (χ1v) is 8.66. The molecule has 4 heteroatoms. The van der Waals surface area contributed by atoms with Gasteiger partial charge < -0.3 is 11.1 Å². The van der Waals surface area contributed by atoms with Gasteiger partial charge in [-0.2, -0.15) is 0 Å². The van der Waals surface area contributed by atoms with Crippen LogP contribution in [0.25, 0.3) is 0 Å². The number of nitrogens with one attached hydrogen (secondary N) is 1. The molecule has 3 nitrogen and oxygen atoms in total. The normalized spacial score (nSPS) is 13.6. The van der Waals surface area contributed by atoms with Crippen LogP contribution in [-0.2, 0) is 11.2 Å². The molecule has 0 saturated carbocycles. The molecule has 0 bridgehead atoms. The van der Waals surface area contributed by atoms with Gasteiger partial charge in [0.05, 0.1) is 6.04 Å². The van der Waals surface area contributed by atoms with Crippen LogP contribution in [0.5, 0.6) is 0 Å². The summed E-state index contributed by atoms with van der Waals surface area (Å²) in [5.41, 5.74) is 8.04. The molecule has 1 heterocycles. The summed E-state index contributed by atoms with van der Waals surface area (Å²) in [5, 5.41) is 5.16. The van der Waals surface area contributed by atoms with Gasteiger partial charge in [-0.15, -0.1) is 11.3 Å². The molecule has 0 aliphatic rings. The summed E-state index contributed by atoms with van der Waals surface area (Å²) in [4.78, 5) is 13.4. The van der Waals surface area contributed by atoms with E-state index < -0.39 is 0 Å². The molecule has 2 aromatic rings. The molecule has 0 spiro atoms. The Kier molecular flexibility index (Phi) is 6.16. The highest BCUT2D eigenvalue weighted by atomic mass is 32.1. The molecule has 0 fully saturated rings. The molecule has 1 amide bonds. The number of thiophene rings is 1. The first-order chi connectivity index (χ1) is 10.7. The van der Waals surface area contributed by atoms with Crippen LogP contribution in [0.2, 0.25) is 0 Å². The second-order valence-corrected chi connectivity index (χ2v) is 6.56. The summed E-state index contributed by atoms with van der Waals surface area (Å²) < 4.78 is 0. The summed E-state index contributed by atoms with van der Waals surface area (Å²) in [6.07, 6.45) is 2.22. The molecular weight excluding hydrogens is 292 g/mol. The van der Waals surface area contributed by atoms with Crippen molar-refractivity contribution in [1.29, 1.82) is 0 Å². The average Bonchev–Trinajstić information content (AvgIpc) is 3.07. The lowest BCUT2D eigenvalue weighted by molar-refractivity contribution is -0.124. The van der Waals surface area contributed by atoms with Crippen molar-refractivity contribution < 1.29 is 4.79 Å². The maximum atomic E-state index is 12.2. The van der Waals surface area contributed by atoms with Crippen LogP contribution < -0.4 is 11.1 Å². The standard InChI is InChI=1S/C18H24N2OS/c1-3-5-14-7-9-15(10-8-14)17(16-6-4-11-22-16)20-18(21)13(2)12-19/h4,6-11,13,17H,3,5,12,19H2,1-2H3,(H,20,21). The molecule has 2 unspecified atom stereocenters. The van der Waals surface area contributed by atoms with Crippen molar-refractivity contribution in [2.45, 2.75) is 32.7 Å². The lowest BCUT2D eigenvalue weighted by Crippen LogP contribution is -2.36. The average molecular weight is 316 g/mol. The largest absolute Gasteiger partial charge is 0.344 e. The minimum Gasteiger partial charge on any atom is -0.344 e. The molecule has 2 atom stereocenters. The smallest absolute Gasteiger partial charge is 0.224 e. The van der Waals surface area contributed by atoms with Gasteiger partial charge in [-0.3, -0.25) is 4.79 Å². The van der Waals surface area contributed by atoms with E-state index in [9.17, 15) is 4.79 Å². The second kappa shape index (κ2) is 8.11. The van der Waals surface area contributed by atoms with E-state index in [0.717, 1.165) is 23.3 Å². The molecule has 22 heavy (non-hydrogen) atoms. The van der Waals surface area contributed by atoms with Gasteiger partial charge in [0.1, 0.15) is 0 Å². The molecule has 118 valence electrons. The molecular formula is C18H24N2OS. The number of carbonyl (C=O) groups excluding carboxylic acids is 1. The van der Waals surface area contributed by atoms with Crippen molar-refractivity contribution in [2.75, 3.05) is 6.54 Å². The third-order valence-corrected chi connectivity index (χ3v) is 4.70. The Labute approximate surface area is 136 Å².